The zero-order chi connectivity index (χ0) is 14.1. The average molecular weight is 272 g/mol. The van der Waals surface area contributed by atoms with Gasteiger partial charge < -0.3 is 15.0 Å². The first-order chi connectivity index (χ1) is 9.63. The Morgan fingerprint density at radius 1 is 1.35 bits per heavy atom. The lowest BCUT2D eigenvalue weighted by molar-refractivity contribution is -0.141. The second kappa shape index (κ2) is 5.09. The molecule has 3 rings (SSSR count). The van der Waals surface area contributed by atoms with E-state index in [4.69, 9.17) is 5.11 Å². The smallest absolute Gasteiger partial charge is 0.251 e. The Bertz CT molecular complexity index is 702. The van der Waals surface area contributed by atoms with Crippen LogP contribution in [0.1, 0.15) is 12.0 Å². The van der Waals surface area contributed by atoms with E-state index in [1.54, 1.807) is 4.90 Å². The number of carbonyl (C=O) groups is 1. The number of aromatic amines is 1. The molecule has 0 radical (unpaired) electrons. The summed E-state index contributed by atoms with van der Waals surface area (Å²) in [5.74, 6) is -0.0112. The van der Waals surface area contributed by atoms with E-state index in [0.29, 0.717) is 31.5 Å². The maximum atomic E-state index is 11.9. The van der Waals surface area contributed by atoms with Crippen molar-refractivity contribution in [2.45, 2.75) is 18.9 Å². The van der Waals surface area contributed by atoms with Crippen molar-refractivity contribution in [3.05, 3.63) is 46.2 Å². The molecule has 2 N–H and O–H groups in total. The molecule has 0 unspecified atom stereocenters. The predicted octanol–water partition coefficient (Wildman–Crippen LogP) is 0.664. The monoisotopic (exact) mass is 272 g/mol. The maximum absolute atomic E-state index is 11.9. The Labute approximate surface area is 115 Å². The number of rotatable bonds is 3. The molecule has 1 saturated heterocycles. The van der Waals surface area contributed by atoms with Gasteiger partial charge in [0.2, 0.25) is 5.91 Å². The molecule has 0 spiro atoms. The molecule has 5 heteroatoms. The Balaban J connectivity index is 1.72. The number of aliphatic hydroxyl groups is 1. The maximum Gasteiger partial charge on any atom is 0.251 e. The van der Waals surface area contributed by atoms with Crippen molar-refractivity contribution in [2.24, 2.45) is 0 Å². The third-order valence-corrected chi connectivity index (χ3v) is 3.65. The Morgan fingerprint density at radius 2 is 2.10 bits per heavy atom. The first kappa shape index (κ1) is 12.9. The third kappa shape index (κ3) is 2.44. The van der Waals surface area contributed by atoms with Crippen LogP contribution in [0.2, 0.25) is 0 Å². The number of aryl methyl sites for hydroxylation is 1. The van der Waals surface area contributed by atoms with E-state index in [9.17, 15) is 9.59 Å². The number of H-pyrrole nitrogens is 1. The lowest BCUT2D eigenvalue weighted by Gasteiger charge is -2.35. The largest absolute Gasteiger partial charge is 0.389 e. The predicted molar refractivity (Wildman–Crippen MR) is 75.5 cm³/mol. The Hall–Kier alpha value is -2.14. The van der Waals surface area contributed by atoms with Crippen LogP contribution in [0.25, 0.3) is 10.9 Å². The number of hydrogen-bond acceptors (Lipinski definition) is 3. The molecule has 1 fully saturated rings. The van der Waals surface area contributed by atoms with Crippen LogP contribution in [-0.2, 0) is 11.2 Å². The third-order valence-electron chi connectivity index (χ3n) is 3.65. The summed E-state index contributed by atoms with van der Waals surface area (Å²) in [5, 5.41) is 10.1. The molecule has 0 bridgehead atoms. The van der Waals surface area contributed by atoms with Crippen LogP contribution in [0, 0.1) is 0 Å². The lowest BCUT2D eigenvalue weighted by Crippen LogP contribution is -2.53. The number of aromatic nitrogens is 1. The van der Waals surface area contributed by atoms with Crippen LogP contribution in [-0.4, -0.2) is 40.1 Å². The van der Waals surface area contributed by atoms with E-state index in [1.807, 2.05) is 30.3 Å². The quantitative estimate of drug-likeness (QED) is 0.862. The van der Waals surface area contributed by atoms with Gasteiger partial charge in [-0.05, 0) is 23.9 Å². The second-order valence-electron chi connectivity index (χ2n) is 5.16. The first-order valence-electron chi connectivity index (χ1n) is 6.70. The van der Waals surface area contributed by atoms with E-state index in [1.165, 1.54) is 0 Å². The Kier molecular flexibility index (Phi) is 3.28. The molecule has 5 nitrogen and oxygen atoms in total. The Morgan fingerprint density at radius 3 is 2.85 bits per heavy atom. The van der Waals surface area contributed by atoms with Gasteiger partial charge in [-0.25, -0.2) is 0 Å². The molecule has 0 aliphatic carbocycles. The van der Waals surface area contributed by atoms with Gasteiger partial charge in [0, 0.05) is 30.6 Å². The molecular weight excluding hydrogens is 256 g/mol. The molecule has 0 saturated carbocycles. The van der Waals surface area contributed by atoms with Gasteiger partial charge in [0.05, 0.1) is 6.10 Å². The SMILES string of the molecule is O=C(CCc1cc2ccccc2[nH]c1=O)N1CC(O)C1. The minimum Gasteiger partial charge on any atom is -0.389 e. The van der Waals surface area contributed by atoms with Gasteiger partial charge in [-0.1, -0.05) is 18.2 Å². The molecular formula is C15H16N2O3. The van der Waals surface area contributed by atoms with Gasteiger partial charge in [-0.3, -0.25) is 9.59 Å². The van der Waals surface area contributed by atoms with E-state index >= 15 is 0 Å². The number of amides is 1. The van der Waals surface area contributed by atoms with Crippen molar-refractivity contribution in [3.8, 4) is 0 Å². The molecule has 1 amide bonds. The summed E-state index contributed by atoms with van der Waals surface area (Å²) < 4.78 is 0. The fraction of sp³-hybridized carbons (Fsp3) is 0.333. The standard InChI is InChI=1S/C15H16N2O3/c18-12-8-17(9-12)14(19)6-5-11-7-10-3-1-2-4-13(10)16-15(11)20/h1-4,7,12,18H,5-6,8-9H2,(H,16,20). The van der Waals surface area contributed by atoms with Crippen molar-refractivity contribution < 1.29 is 9.90 Å². The van der Waals surface area contributed by atoms with Crippen molar-refractivity contribution in [3.63, 3.8) is 0 Å². The highest BCUT2D eigenvalue weighted by molar-refractivity contribution is 5.79. The zero-order valence-electron chi connectivity index (χ0n) is 11.0. The van der Waals surface area contributed by atoms with Crippen molar-refractivity contribution in [1.29, 1.82) is 0 Å². The molecule has 1 aromatic carbocycles. The number of nitrogens with zero attached hydrogens (tertiary/aromatic N) is 1. The summed E-state index contributed by atoms with van der Waals surface area (Å²) in [6.45, 7) is 0.819. The van der Waals surface area contributed by atoms with Crippen LogP contribution >= 0.6 is 0 Å². The summed E-state index contributed by atoms with van der Waals surface area (Å²) >= 11 is 0. The molecule has 2 aromatic rings. The van der Waals surface area contributed by atoms with E-state index in [-0.39, 0.29) is 17.6 Å². The zero-order valence-corrected chi connectivity index (χ0v) is 11.0. The number of para-hydroxylation sites is 1. The molecule has 1 aliphatic rings. The van der Waals surface area contributed by atoms with Gasteiger partial charge in [0.25, 0.3) is 5.56 Å². The van der Waals surface area contributed by atoms with Gasteiger partial charge >= 0.3 is 0 Å². The number of carbonyl (C=O) groups excluding carboxylic acids is 1. The van der Waals surface area contributed by atoms with E-state index < -0.39 is 0 Å². The number of likely N-dealkylation sites (tertiary alicyclic amines) is 1. The molecule has 20 heavy (non-hydrogen) atoms. The summed E-state index contributed by atoms with van der Waals surface area (Å²) in [5.41, 5.74) is 1.29. The highest BCUT2D eigenvalue weighted by Gasteiger charge is 2.28. The number of hydrogen-bond donors (Lipinski definition) is 2. The van der Waals surface area contributed by atoms with Crippen LogP contribution in [0.5, 0.6) is 0 Å². The highest BCUT2D eigenvalue weighted by Crippen LogP contribution is 2.13. The summed E-state index contributed by atoms with van der Waals surface area (Å²) in [6.07, 6.45) is 0.336. The van der Waals surface area contributed by atoms with Crippen LogP contribution in [0.15, 0.2) is 35.1 Å². The highest BCUT2D eigenvalue weighted by atomic mass is 16.3. The van der Waals surface area contributed by atoms with Crippen molar-refractivity contribution in [1.82, 2.24) is 9.88 Å². The number of β-amino-alcohol motifs (C(OH)–C–C–N with tert-alkyl or cyclic N) is 1. The van der Waals surface area contributed by atoms with Crippen LogP contribution in [0.3, 0.4) is 0 Å². The molecule has 2 heterocycles. The number of benzene rings is 1. The molecule has 0 atom stereocenters. The van der Waals surface area contributed by atoms with Crippen molar-refractivity contribution in [2.75, 3.05) is 13.1 Å². The molecule has 1 aliphatic heterocycles. The fourth-order valence-electron chi connectivity index (χ4n) is 2.44. The normalized spacial score (nSPS) is 15.3. The topological polar surface area (TPSA) is 73.4 Å². The number of nitrogens with one attached hydrogen (secondary N) is 1. The van der Waals surface area contributed by atoms with Crippen molar-refractivity contribution >= 4 is 16.8 Å². The first-order valence-corrected chi connectivity index (χ1v) is 6.70. The number of aliphatic hydroxyl groups excluding tert-OH is 1. The van der Waals surface area contributed by atoms with Gasteiger partial charge in [-0.15, -0.1) is 0 Å². The van der Waals surface area contributed by atoms with E-state index in [2.05, 4.69) is 4.98 Å². The summed E-state index contributed by atoms with van der Waals surface area (Å²) in [7, 11) is 0. The van der Waals surface area contributed by atoms with Gasteiger partial charge in [0.1, 0.15) is 0 Å². The molecule has 1 aromatic heterocycles. The van der Waals surface area contributed by atoms with Crippen LogP contribution < -0.4 is 5.56 Å². The molecule has 104 valence electrons. The van der Waals surface area contributed by atoms with E-state index in [0.717, 1.165) is 10.9 Å². The van der Waals surface area contributed by atoms with Gasteiger partial charge in [0.15, 0.2) is 0 Å². The second-order valence-corrected chi connectivity index (χ2v) is 5.16. The summed E-state index contributed by atoms with van der Waals surface area (Å²) in [4.78, 5) is 28.2. The minimum absolute atomic E-state index is 0.0112. The number of pyridine rings is 1. The number of fused-ring (bicyclic) bond motifs is 1. The van der Waals surface area contributed by atoms with Gasteiger partial charge in [-0.2, -0.15) is 0 Å². The lowest BCUT2D eigenvalue weighted by atomic mass is 10.1. The average Bonchev–Trinajstić information content (AvgIpc) is 2.41. The fourth-order valence-corrected chi connectivity index (χ4v) is 2.44. The minimum atomic E-state index is -0.386. The van der Waals surface area contributed by atoms with Crippen LogP contribution in [0.4, 0.5) is 0 Å². The summed E-state index contributed by atoms with van der Waals surface area (Å²) in [6, 6.07) is 9.41.